The maximum Gasteiger partial charge on any atom is 0.418 e. The molecule has 0 saturated carbocycles. The summed E-state index contributed by atoms with van der Waals surface area (Å²) in [4.78, 5) is 12.1. The molecule has 0 fully saturated rings. The predicted molar refractivity (Wildman–Crippen MR) is 60.4 cm³/mol. The Hall–Kier alpha value is -1.52. The van der Waals surface area contributed by atoms with Gasteiger partial charge in [0.1, 0.15) is 6.29 Å². The Balaban J connectivity index is 3.34. The van der Waals surface area contributed by atoms with E-state index in [1.54, 1.807) is 18.7 Å². The molecule has 94 valence electrons. The van der Waals surface area contributed by atoms with Gasteiger partial charge >= 0.3 is 6.18 Å². The molecule has 0 N–H and O–H groups in total. The van der Waals surface area contributed by atoms with Crippen LogP contribution in [0.1, 0.15) is 29.8 Å². The average Bonchev–Trinajstić information content (AvgIpc) is 2.29. The molecule has 0 bridgehead atoms. The summed E-state index contributed by atoms with van der Waals surface area (Å²) in [5.74, 6) is 0. The van der Waals surface area contributed by atoms with Crippen molar-refractivity contribution >= 4 is 12.0 Å². The molecule has 2 nitrogen and oxygen atoms in total. The Morgan fingerprint density at radius 2 is 1.82 bits per heavy atom. The number of nitrogens with zero attached hydrogens (tertiary/aromatic N) is 1. The summed E-state index contributed by atoms with van der Waals surface area (Å²) >= 11 is 0. The number of anilines is 1. The predicted octanol–water partition coefficient (Wildman–Crippen LogP) is 3.36. The SMILES string of the molecule is CCN(CC)c1ccc(C=O)cc1C(F)(F)F. The first kappa shape index (κ1) is 13.5. The number of carbonyl (C=O) groups is 1. The van der Waals surface area contributed by atoms with Crippen molar-refractivity contribution in [1.82, 2.24) is 0 Å². The largest absolute Gasteiger partial charge is 0.418 e. The fourth-order valence-corrected chi connectivity index (χ4v) is 1.69. The average molecular weight is 245 g/mol. The number of aldehydes is 1. The van der Waals surface area contributed by atoms with Crippen LogP contribution in [-0.4, -0.2) is 19.4 Å². The van der Waals surface area contributed by atoms with Crippen molar-refractivity contribution in [3.8, 4) is 0 Å². The van der Waals surface area contributed by atoms with E-state index in [0.717, 1.165) is 6.07 Å². The van der Waals surface area contributed by atoms with Crippen LogP contribution in [0.4, 0.5) is 18.9 Å². The van der Waals surface area contributed by atoms with Gasteiger partial charge in [-0.25, -0.2) is 0 Å². The van der Waals surface area contributed by atoms with Gasteiger partial charge in [-0.2, -0.15) is 13.2 Å². The van der Waals surface area contributed by atoms with Gasteiger partial charge < -0.3 is 4.90 Å². The smallest absolute Gasteiger partial charge is 0.372 e. The Kier molecular flexibility index (Phi) is 4.15. The number of alkyl halides is 3. The van der Waals surface area contributed by atoms with E-state index in [0.29, 0.717) is 19.4 Å². The van der Waals surface area contributed by atoms with Gasteiger partial charge in [0.2, 0.25) is 0 Å². The van der Waals surface area contributed by atoms with Crippen molar-refractivity contribution in [3.63, 3.8) is 0 Å². The molecular weight excluding hydrogens is 231 g/mol. The van der Waals surface area contributed by atoms with Gasteiger partial charge in [-0.1, -0.05) is 0 Å². The molecular formula is C12H14F3NO. The molecule has 0 heterocycles. The second-order valence-electron chi connectivity index (χ2n) is 3.56. The van der Waals surface area contributed by atoms with Gasteiger partial charge in [0, 0.05) is 24.3 Å². The molecule has 0 saturated heterocycles. The third-order valence-corrected chi connectivity index (χ3v) is 2.57. The first-order chi connectivity index (χ1) is 7.93. The zero-order valence-electron chi connectivity index (χ0n) is 9.71. The molecule has 17 heavy (non-hydrogen) atoms. The van der Waals surface area contributed by atoms with Gasteiger partial charge in [0.15, 0.2) is 0 Å². The minimum Gasteiger partial charge on any atom is -0.372 e. The van der Waals surface area contributed by atoms with Crippen LogP contribution < -0.4 is 4.90 Å². The molecule has 1 aromatic rings. The summed E-state index contributed by atoms with van der Waals surface area (Å²) in [6.07, 6.45) is -4.03. The summed E-state index contributed by atoms with van der Waals surface area (Å²) in [5, 5.41) is 0. The Bertz CT molecular complexity index is 397. The Morgan fingerprint density at radius 1 is 1.24 bits per heavy atom. The van der Waals surface area contributed by atoms with Crippen molar-refractivity contribution in [2.45, 2.75) is 20.0 Å². The monoisotopic (exact) mass is 245 g/mol. The maximum atomic E-state index is 12.9. The van der Waals surface area contributed by atoms with E-state index < -0.39 is 11.7 Å². The van der Waals surface area contributed by atoms with Crippen LogP contribution in [0.3, 0.4) is 0 Å². The minimum absolute atomic E-state index is 0.0354. The standard InChI is InChI=1S/C12H14F3NO/c1-3-16(4-2)11-6-5-9(8-17)7-10(11)12(13,14)15/h5-8H,3-4H2,1-2H3. The quantitative estimate of drug-likeness (QED) is 0.758. The molecule has 1 rings (SSSR count). The first-order valence-corrected chi connectivity index (χ1v) is 5.35. The molecule has 0 aliphatic rings. The minimum atomic E-state index is -4.45. The molecule has 0 amide bonds. The molecule has 0 aliphatic carbocycles. The summed E-state index contributed by atoms with van der Waals surface area (Å²) in [6.45, 7) is 4.55. The van der Waals surface area contributed by atoms with Crippen LogP contribution in [0.15, 0.2) is 18.2 Å². The highest BCUT2D eigenvalue weighted by molar-refractivity contribution is 5.77. The number of rotatable bonds is 4. The zero-order valence-corrected chi connectivity index (χ0v) is 9.71. The number of benzene rings is 1. The van der Waals surface area contributed by atoms with Gasteiger partial charge in [-0.3, -0.25) is 4.79 Å². The van der Waals surface area contributed by atoms with E-state index in [9.17, 15) is 18.0 Å². The lowest BCUT2D eigenvalue weighted by molar-refractivity contribution is -0.137. The zero-order chi connectivity index (χ0) is 13.1. The molecule has 0 aromatic heterocycles. The number of carbonyl (C=O) groups excluding carboxylic acids is 1. The second-order valence-corrected chi connectivity index (χ2v) is 3.56. The summed E-state index contributed by atoms with van der Waals surface area (Å²) in [5.41, 5.74) is -0.605. The van der Waals surface area contributed by atoms with Crippen LogP contribution in [-0.2, 0) is 6.18 Å². The van der Waals surface area contributed by atoms with Gasteiger partial charge in [-0.15, -0.1) is 0 Å². The van der Waals surface area contributed by atoms with Gasteiger partial charge in [0.05, 0.1) is 5.56 Å². The van der Waals surface area contributed by atoms with Crippen LogP contribution in [0.5, 0.6) is 0 Å². The molecule has 0 aliphatic heterocycles. The van der Waals surface area contributed by atoms with Gasteiger partial charge in [0.25, 0.3) is 0 Å². The highest BCUT2D eigenvalue weighted by Gasteiger charge is 2.34. The van der Waals surface area contributed by atoms with E-state index in [1.165, 1.54) is 12.1 Å². The highest BCUT2D eigenvalue weighted by Crippen LogP contribution is 2.37. The third-order valence-electron chi connectivity index (χ3n) is 2.57. The maximum absolute atomic E-state index is 12.9. The summed E-state index contributed by atoms with van der Waals surface area (Å²) in [7, 11) is 0. The van der Waals surface area contributed by atoms with E-state index in [1.807, 2.05) is 0 Å². The fraction of sp³-hybridized carbons (Fsp3) is 0.417. The van der Waals surface area contributed by atoms with E-state index in [2.05, 4.69) is 0 Å². The number of hydrogen-bond donors (Lipinski definition) is 0. The van der Waals surface area contributed by atoms with Crippen molar-refractivity contribution < 1.29 is 18.0 Å². The van der Waals surface area contributed by atoms with E-state index in [-0.39, 0.29) is 11.3 Å². The molecule has 0 spiro atoms. The van der Waals surface area contributed by atoms with E-state index >= 15 is 0 Å². The first-order valence-electron chi connectivity index (χ1n) is 5.35. The second kappa shape index (κ2) is 5.21. The Labute approximate surface area is 98.0 Å². The molecule has 0 atom stereocenters. The number of hydrogen-bond acceptors (Lipinski definition) is 2. The molecule has 1 aromatic carbocycles. The third kappa shape index (κ3) is 2.99. The van der Waals surface area contributed by atoms with E-state index in [4.69, 9.17) is 0 Å². The fourth-order valence-electron chi connectivity index (χ4n) is 1.69. The van der Waals surface area contributed by atoms with Crippen molar-refractivity contribution in [3.05, 3.63) is 29.3 Å². The molecule has 5 heteroatoms. The normalized spacial score (nSPS) is 11.4. The number of halogens is 3. The van der Waals surface area contributed by atoms with Crippen LogP contribution in [0.2, 0.25) is 0 Å². The summed E-state index contributed by atoms with van der Waals surface area (Å²) < 4.78 is 38.6. The van der Waals surface area contributed by atoms with Crippen molar-refractivity contribution in [2.24, 2.45) is 0 Å². The topological polar surface area (TPSA) is 20.3 Å². The van der Waals surface area contributed by atoms with Crippen LogP contribution in [0, 0.1) is 0 Å². The molecule has 0 radical (unpaired) electrons. The van der Waals surface area contributed by atoms with Crippen molar-refractivity contribution in [1.29, 1.82) is 0 Å². The van der Waals surface area contributed by atoms with Crippen LogP contribution >= 0.6 is 0 Å². The molecule has 0 unspecified atom stereocenters. The van der Waals surface area contributed by atoms with Gasteiger partial charge in [-0.05, 0) is 32.0 Å². The summed E-state index contributed by atoms with van der Waals surface area (Å²) in [6, 6.07) is 3.64. The lowest BCUT2D eigenvalue weighted by Gasteiger charge is -2.25. The highest BCUT2D eigenvalue weighted by atomic mass is 19.4. The van der Waals surface area contributed by atoms with Crippen LogP contribution in [0.25, 0.3) is 0 Å². The lowest BCUT2D eigenvalue weighted by Crippen LogP contribution is -2.25. The van der Waals surface area contributed by atoms with Crippen molar-refractivity contribution in [2.75, 3.05) is 18.0 Å². The lowest BCUT2D eigenvalue weighted by atomic mass is 10.1. The Morgan fingerprint density at radius 3 is 2.24 bits per heavy atom.